The number of esters is 2. The van der Waals surface area contributed by atoms with Gasteiger partial charge in [-0.1, -0.05) is 154 Å². The Hall–Kier alpha value is -1.62. The number of carbonyl (C=O) groups is 2. The van der Waals surface area contributed by atoms with Crippen LogP contribution in [0.15, 0.2) is 24.3 Å². The number of aliphatic hydroxyl groups is 1. The van der Waals surface area contributed by atoms with Gasteiger partial charge < -0.3 is 14.6 Å². The van der Waals surface area contributed by atoms with Crippen molar-refractivity contribution >= 4 is 11.9 Å². The van der Waals surface area contributed by atoms with Crippen molar-refractivity contribution in [1.82, 2.24) is 0 Å². The van der Waals surface area contributed by atoms with Gasteiger partial charge in [-0.25, -0.2) is 0 Å². The van der Waals surface area contributed by atoms with Crippen molar-refractivity contribution in [2.45, 2.75) is 213 Å². The van der Waals surface area contributed by atoms with Gasteiger partial charge in [-0.05, 0) is 64.2 Å². The first-order valence-electron chi connectivity index (χ1n) is 19.9. The minimum atomic E-state index is -0.773. The molecule has 1 unspecified atom stereocenters. The molecular weight excluding hydrogens is 572 g/mol. The minimum absolute atomic E-state index is 0.0691. The van der Waals surface area contributed by atoms with E-state index in [1.54, 1.807) is 0 Å². The van der Waals surface area contributed by atoms with E-state index in [1.807, 2.05) is 0 Å². The summed E-state index contributed by atoms with van der Waals surface area (Å²) in [5.41, 5.74) is 0. The van der Waals surface area contributed by atoms with Crippen LogP contribution in [0, 0.1) is 0 Å². The highest BCUT2D eigenvalue weighted by Gasteiger charge is 2.16. The zero-order valence-electron chi connectivity index (χ0n) is 30.6. The van der Waals surface area contributed by atoms with Gasteiger partial charge in [0.2, 0.25) is 0 Å². The molecule has 0 spiro atoms. The summed E-state index contributed by atoms with van der Waals surface area (Å²) >= 11 is 0. The maximum Gasteiger partial charge on any atom is 0.306 e. The molecule has 0 aromatic carbocycles. The molecule has 5 nitrogen and oxygen atoms in total. The van der Waals surface area contributed by atoms with Gasteiger partial charge in [-0.3, -0.25) is 9.59 Å². The van der Waals surface area contributed by atoms with Crippen molar-refractivity contribution in [3.8, 4) is 0 Å². The monoisotopic (exact) mass is 649 g/mol. The molecular formula is C41H76O5. The van der Waals surface area contributed by atoms with Crippen LogP contribution in [0.5, 0.6) is 0 Å². The Morgan fingerprint density at radius 3 is 1.17 bits per heavy atom. The molecule has 0 aliphatic heterocycles. The van der Waals surface area contributed by atoms with Gasteiger partial charge in [-0.2, -0.15) is 0 Å². The van der Waals surface area contributed by atoms with Crippen LogP contribution in [0.4, 0.5) is 0 Å². The summed E-state index contributed by atoms with van der Waals surface area (Å²) in [5.74, 6) is -0.601. The third kappa shape index (κ3) is 35.2. The van der Waals surface area contributed by atoms with E-state index >= 15 is 0 Å². The van der Waals surface area contributed by atoms with E-state index in [0.717, 1.165) is 44.9 Å². The van der Waals surface area contributed by atoms with Crippen molar-refractivity contribution in [2.24, 2.45) is 0 Å². The molecule has 1 atom stereocenters. The van der Waals surface area contributed by atoms with E-state index in [-0.39, 0.29) is 25.2 Å². The molecule has 0 bridgehead atoms. The number of rotatable bonds is 36. The van der Waals surface area contributed by atoms with Crippen LogP contribution < -0.4 is 0 Å². The van der Waals surface area contributed by atoms with Gasteiger partial charge in [0.25, 0.3) is 0 Å². The van der Waals surface area contributed by atoms with Crippen LogP contribution in [-0.2, 0) is 19.1 Å². The SMILES string of the molecule is CCCCCCCCC=CCCCCCCCCCC(=O)OC(CO)COC(=O)CCCCCCCC=CCCCCCCCC. The molecule has 0 fully saturated rings. The second kappa shape index (κ2) is 37.8. The molecule has 0 heterocycles. The Morgan fingerprint density at radius 1 is 0.478 bits per heavy atom. The van der Waals surface area contributed by atoms with E-state index in [9.17, 15) is 14.7 Å². The minimum Gasteiger partial charge on any atom is -0.462 e. The third-order valence-corrected chi connectivity index (χ3v) is 8.72. The van der Waals surface area contributed by atoms with Crippen LogP contribution in [-0.4, -0.2) is 36.4 Å². The standard InChI is InChI=1S/C41H76O5/c1-3-5-7-9-11-13-15-17-19-20-22-24-26-28-30-32-34-36-41(44)46-39(37-42)38-45-40(43)35-33-31-29-27-25-23-21-18-16-14-12-10-8-6-4-2/h17-19,21,39,42H,3-16,20,22-38H2,1-2H3. The molecule has 1 N–H and O–H groups in total. The molecule has 0 rings (SSSR count). The Labute approximate surface area is 285 Å². The van der Waals surface area contributed by atoms with Crippen molar-refractivity contribution in [2.75, 3.05) is 13.2 Å². The second-order valence-corrected chi connectivity index (χ2v) is 13.4. The summed E-state index contributed by atoms with van der Waals surface area (Å²) in [5, 5.41) is 9.55. The largest absolute Gasteiger partial charge is 0.462 e. The zero-order chi connectivity index (χ0) is 33.6. The molecule has 0 radical (unpaired) electrons. The first-order valence-corrected chi connectivity index (χ1v) is 19.9. The highest BCUT2D eigenvalue weighted by Crippen LogP contribution is 2.13. The second-order valence-electron chi connectivity index (χ2n) is 13.4. The van der Waals surface area contributed by atoms with E-state index in [1.165, 1.54) is 135 Å². The number of ether oxygens (including phenoxy) is 2. The summed E-state index contributed by atoms with van der Waals surface area (Å²) in [6, 6.07) is 0. The third-order valence-electron chi connectivity index (χ3n) is 8.72. The van der Waals surface area contributed by atoms with Gasteiger partial charge in [-0.15, -0.1) is 0 Å². The summed E-state index contributed by atoms with van der Waals surface area (Å²) in [6.45, 7) is 4.12. The van der Waals surface area contributed by atoms with Gasteiger partial charge in [0, 0.05) is 12.8 Å². The van der Waals surface area contributed by atoms with Crippen molar-refractivity contribution in [3.05, 3.63) is 24.3 Å². The predicted octanol–water partition coefficient (Wildman–Crippen LogP) is 12.3. The average molecular weight is 649 g/mol. The topological polar surface area (TPSA) is 72.8 Å². The van der Waals surface area contributed by atoms with Crippen molar-refractivity contribution < 1.29 is 24.2 Å². The van der Waals surface area contributed by atoms with Crippen molar-refractivity contribution in [3.63, 3.8) is 0 Å². The maximum atomic E-state index is 12.2. The van der Waals surface area contributed by atoms with E-state index < -0.39 is 6.10 Å². The number of hydrogen-bond donors (Lipinski definition) is 1. The van der Waals surface area contributed by atoms with Gasteiger partial charge in [0.1, 0.15) is 6.61 Å². The average Bonchev–Trinajstić information content (AvgIpc) is 3.06. The molecule has 0 saturated carbocycles. The number of allylic oxidation sites excluding steroid dienone is 4. The summed E-state index contributed by atoms with van der Waals surface area (Å²) in [4.78, 5) is 24.2. The zero-order valence-corrected chi connectivity index (χ0v) is 30.6. The Morgan fingerprint density at radius 2 is 0.804 bits per heavy atom. The molecule has 270 valence electrons. The van der Waals surface area contributed by atoms with E-state index in [2.05, 4.69) is 38.2 Å². The Kier molecular flexibility index (Phi) is 36.5. The fourth-order valence-electron chi connectivity index (χ4n) is 5.66. The fraction of sp³-hybridized carbons (Fsp3) is 0.854. The molecule has 0 aromatic heterocycles. The van der Waals surface area contributed by atoms with E-state index in [4.69, 9.17) is 9.47 Å². The lowest BCUT2D eigenvalue weighted by atomic mass is 10.1. The summed E-state index contributed by atoms with van der Waals surface area (Å²) in [7, 11) is 0. The van der Waals surface area contributed by atoms with Gasteiger partial charge >= 0.3 is 11.9 Å². The molecule has 0 aliphatic rings. The predicted molar refractivity (Wildman–Crippen MR) is 196 cm³/mol. The lowest BCUT2D eigenvalue weighted by molar-refractivity contribution is -0.161. The number of carbonyl (C=O) groups excluding carboxylic acids is 2. The van der Waals surface area contributed by atoms with Crippen LogP contribution in [0.3, 0.4) is 0 Å². The number of aliphatic hydroxyl groups excluding tert-OH is 1. The summed E-state index contributed by atoms with van der Waals surface area (Å²) in [6.07, 6.45) is 43.8. The fourth-order valence-corrected chi connectivity index (χ4v) is 5.66. The van der Waals surface area contributed by atoms with E-state index in [0.29, 0.717) is 12.8 Å². The lowest BCUT2D eigenvalue weighted by Crippen LogP contribution is -2.28. The Bertz CT molecular complexity index is 701. The van der Waals surface area contributed by atoms with Gasteiger partial charge in [0.15, 0.2) is 6.10 Å². The normalized spacial score (nSPS) is 12.3. The van der Waals surface area contributed by atoms with Gasteiger partial charge in [0.05, 0.1) is 6.61 Å². The molecule has 0 saturated heterocycles. The van der Waals surface area contributed by atoms with Crippen LogP contribution in [0.2, 0.25) is 0 Å². The number of unbranched alkanes of at least 4 members (excludes halogenated alkanes) is 24. The highest BCUT2D eigenvalue weighted by molar-refractivity contribution is 5.70. The molecule has 5 heteroatoms. The van der Waals surface area contributed by atoms with Crippen LogP contribution >= 0.6 is 0 Å². The first kappa shape index (κ1) is 44.4. The molecule has 46 heavy (non-hydrogen) atoms. The maximum absolute atomic E-state index is 12.2. The Balaban J connectivity index is 3.55. The quantitative estimate of drug-likeness (QED) is 0.0416. The first-order chi connectivity index (χ1) is 22.6. The van der Waals surface area contributed by atoms with Crippen LogP contribution in [0.25, 0.3) is 0 Å². The smallest absolute Gasteiger partial charge is 0.306 e. The highest BCUT2D eigenvalue weighted by atomic mass is 16.6. The van der Waals surface area contributed by atoms with Crippen molar-refractivity contribution in [1.29, 1.82) is 0 Å². The lowest BCUT2D eigenvalue weighted by Gasteiger charge is -2.15. The molecule has 0 aromatic rings. The molecule has 0 amide bonds. The van der Waals surface area contributed by atoms with Crippen LogP contribution in [0.1, 0.15) is 206 Å². The summed E-state index contributed by atoms with van der Waals surface area (Å²) < 4.78 is 10.6. The number of hydrogen-bond acceptors (Lipinski definition) is 5. The molecule has 0 aliphatic carbocycles.